The van der Waals surface area contributed by atoms with E-state index in [0.717, 1.165) is 19.3 Å². The Hall–Kier alpha value is -2.86. The van der Waals surface area contributed by atoms with Crippen molar-refractivity contribution in [1.29, 1.82) is 0 Å². The molecule has 4 atom stereocenters. The Morgan fingerprint density at radius 2 is 1.88 bits per heavy atom. The topological polar surface area (TPSA) is 126 Å². The second kappa shape index (κ2) is 14.7. The number of amides is 1. The number of fused-ring (bicyclic) bond motifs is 1. The number of hydrogen-bond donors (Lipinski definition) is 3. The van der Waals surface area contributed by atoms with Gasteiger partial charge >= 0.3 is 0 Å². The lowest BCUT2D eigenvalue weighted by Crippen LogP contribution is -2.47. The van der Waals surface area contributed by atoms with Crippen LogP contribution in [0.25, 0.3) is 0 Å². The molecule has 0 saturated heterocycles. The summed E-state index contributed by atoms with van der Waals surface area (Å²) in [6, 6.07) is 10.3. The molecule has 0 aliphatic carbocycles. The smallest absolute Gasteiger partial charge is 0.261 e. The molecule has 0 fully saturated rings. The minimum Gasteiger partial charge on any atom is -0.497 e. The van der Waals surface area contributed by atoms with Gasteiger partial charge < -0.3 is 29.5 Å². The number of rotatable bonds is 8. The van der Waals surface area contributed by atoms with Crippen molar-refractivity contribution in [3.8, 4) is 11.5 Å². The van der Waals surface area contributed by atoms with Gasteiger partial charge in [-0.15, -0.1) is 0 Å². The standard InChI is InChI=1S/C29H43N3O7S/c1-20-18-32(21(2)19-33)29(34)26-16-23(31-40(35,36)25-12-10-24(37-5)11-13-25)9-14-27(26)39-22(3)8-6-7-15-38-28(20)17-30-4/h9-14,16,20-22,28,30-31,33H,6-8,15,17-19H2,1-5H3/t20-,21+,22-,28+/m1/s1. The molecule has 0 aromatic heterocycles. The van der Waals surface area contributed by atoms with Crippen LogP contribution in [-0.4, -0.2) is 83.0 Å². The number of benzene rings is 2. The third kappa shape index (κ3) is 8.33. The number of ether oxygens (including phenoxy) is 3. The number of carbonyl (C=O) groups is 1. The summed E-state index contributed by atoms with van der Waals surface area (Å²) < 4.78 is 46.3. The molecule has 2 aromatic rings. The first-order chi connectivity index (χ1) is 19.1. The van der Waals surface area contributed by atoms with E-state index >= 15 is 0 Å². The van der Waals surface area contributed by atoms with Crippen LogP contribution < -0.4 is 19.5 Å². The molecule has 3 rings (SSSR count). The zero-order valence-electron chi connectivity index (χ0n) is 24.1. The summed E-state index contributed by atoms with van der Waals surface area (Å²) in [7, 11) is -0.562. The van der Waals surface area contributed by atoms with E-state index in [4.69, 9.17) is 14.2 Å². The summed E-state index contributed by atoms with van der Waals surface area (Å²) in [6.07, 6.45) is 2.26. The minimum atomic E-state index is -3.93. The van der Waals surface area contributed by atoms with E-state index < -0.39 is 16.1 Å². The van der Waals surface area contributed by atoms with E-state index in [-0.39, 0.29) is 46.8 Å². The number of anilines is 1. The fraction of sp³-hybridized carbons (Fsp3) is 0.552. The Labute approximate surface area is 238 Å². The Kier molecular flexibility index (Phi) is 11.6. The maximum Gasteiger partial charge on any atom is 0.261 e. The molecule has 3 N–H and O–H groups in total. The van der Waals surface area contributed by atoms with Crippen molar-refractivity contribution in [2.24, 2.45) is 5.92 Å². The van der Waals surface area contributed by atoms with Crippen LogP contribution in [0, 0.1) is 5.92 Å². The molecule has 1 amide bonds. The Morgan fingerprint density at radius 1 is 1.15 bits per heavy atom. The monoisotopic (exact) mass is 577 g/mol. The summed E-state index contributed by atoms with van der Waals surface area (Å²) in [5.74, 6) is 0.513. The van der Waals surface area contributed by atoms with Crippen molar-refractivity contribution in [3.05, 3.63) is 48.0 Å². The molecular formula is C29H43N3O7S. The lowest BCUT2D eigenvalue weighted by molar-refractivity contribution is -0.000450. The van der Waals surface area contributed by atoms with Gasteiger partial charge in [0.2, 0.25) is 0 Å². The summed E-state index contributed by atoms with van der Waals surface area (Å²) in [6.45, 7) is 7.10. The van der Waals surface area contributed by atoms with E-state index in [1.54, 1.807) is 36.1 Å². The van der Waals surface area contributed by atoms with Gasteiger partial charge in [-0.1, -0.05) is 6.92 Å². The molecule has 40 heavy (non-hydrogen) atoms. The molecule has 1 aliphatic heterocycles. The van der Waals surface area contributed by atoms with Crippen molar-refractivity contribution < 1.29 is 32.5 Å². The van der Waals surface area contributed by atoms with Crippen molar-refractivity contribution in [2.45, 2.75) is 63.2 Å². The maximum absolute atomic E-state index is 14.1. The summed E-state index contributed by atoms with van der Waals surface area (Å²) in [4.78, 5) is 15.7. The number of aliphatic hydroxyl groups is 1. The Bertz CT molecular complexity index is 1210. The van der Waals surface area contributed by atoms with Crippen molar-refractivity contribution >= 4 is 21.6 Å². The molecule has 0 saturated carbocycles. The van der Waals surface area contributed by atoms with Gasteiger partial charge in [0.05, 0.1) is 42.4 Å². The van der Waals surface area contributed by atoms with Crippen molar-refractivity contribution in [3.63, 3.8) is 0 Å². The highest BCUT2D eigenvalue weighted by atomic mass is 32.2. The van der Waals surface area contributed by atoms with Gasteiger partial charge in [-0.2, -0.15) is 0 Å². The highest BCUT2D eigenvalue weighted by Crippen LogP contribution is 2.29. The molecule has 1 aliphatic rings. The lowest BCUT2D eigenvalue weighted by atomic mass is 10.0. The van der Waals surface area contributed by atoms with Gasteiger partial charge in [-0.05, 0) is 82.6 Å². The molecule has 0 spiro atoms. The molecule has 0 bridgehead atoms. The van der Waals surface area contributed by atoms with E-state index in [1.165, 1.54) is 25.3 Å². The van der Waals surface area contributed by atoms with Crippen LogP contribution in [0.15, 0.2) is 47.4 Å². The van der Waals surface area contributed by atoms with Crippen LogP contribution in [-0.2, 0) is 14.8 Å². The molecule has 0 unspecified atom stereocenters. The second-order valence-electron chi connectivity index (χ2n) is 10.3. The van der Waals surface area contributed by atoms with Crippen LogP contribution in [0.5, 0.6) is 11.5 Å². The van der Waals surface area contributed by atoms with Gasteiger partial charge in [0.15, 0.2) is 0 Å². The van der Waals surface area contributed by atoms with E-state index in [0.29, 0.717) is 31.2 Å². The average molecular weight is 578 g/mol. The summed E-state index contributed by atoms with van der Waals surface area (Å²) in [5.41, 5.74) is 0.443. The third-order valence-electron chi connectivity index (χ3n) is 7.08. The van der Waals surface area contributed by atoms with Crippen molar-refractivity contribution in [1.82, 2.24) is 10.2 Å². The van der Waals surface area contributed by atoms with Crippen molar-refractivity contribution in [2.75, 3.05) is 45.2 Å². The summed E-state index contributed by atoms with van der Waals surface area (Å²) in [5, 5.41) is 13.2. The summed E-state index contributed by atoms with van der Waals surface area (Å²) >= 11 is 0. The number of nitrogens with zero attached hydrogens (tertiary/aromatic N) is 1. The van der Waals surface area contributed by atoms with Crippen LogP contribution >= 0.6 is 0 Å². The molecule has 2 aromatic carbocycles. The largest absolute Gasteiger partial charge is 0.497 e. The van der Waals surface area contributed by atoms with Crippen LogP contribution in [0.2, 0.25) is 0 Å². The average Bonchev–Trinajstić information content (AvgIpc) is 2.94. The SMILES string of the molecule is CNC[C@@H]1OCCCC[C@@H](C)Oc2ccc(NS(=O)(=O)c3ccc(OC)cc3)cc2C(=O)N([C@@H](C)CO)C[C@H]1C. The van der Waals surface area contributed by atoms with Gasteiger partial charge in [-0.3, -0.25) is 9.52 Å². The Balaban J connectivity index is 2.01. The number of nitrogens with one attached hydrogen (secondary N) is 2. The molecule has 11 heteroatoms. The number of carbonyl (C=O) groups excluding carboxylic acids is 1. The van der Waals surface area contributed by atoms with E-state index in [9.17, 15) is 18.3 Å². The van der Waals surface area contributed by atoms with E-state index in [1.807, 2.05) is 20.9 Å². The van der Waals surface area contributed by atoms with Gasteiger partial charge in [0.1, 0.15) is 11.5 Å². The second-order valence-corrected chi connectivity index (χ2v) is 12.0. The van der Waals surface area contributed by atoms with Crippen LogP contribution in [0.1, 0.15) is 50.4 Å². The quantitative estimate of drug-likeness (QED) is 0.435. The number of methoxy groups -OCH3 is 1. The normalized spacial score (nSPS) is 22.0. The number of likely N-dealkylation sites (N-methyl/N-ethyl adjacent to an activating group) is 1. The first-order valence-corrected chi connectivity index (χ1v) is 15.2. The number of sulfonamides is 1. The molecule has 0 radical (unpaired) electrons. The fourth-order valence-electron chi connectivity index (χ4n) is 4.65. The van der Waals surface area contributed by atoms with Crippen LogP contribution in [0.3, 0.4) is 0 Å². The first kappa shape index (κ1) is 31.7. The highest BCUT2D eigenvalue weighted by molar-refractivity contribution is 7.92. The predicted molar refractivity (Wildman–Crippen MR) is 155 cm³/mol. The lowest BCUT2D eigenvalue weighted by Gasteiger charge is -2.34. The predicted octanol–water partition coefficient (Wildman–Crippen LogP) is 3.51. The molecule has 10 nitrogen and oxygen atoms in total. The number of aliphatic hydroxyl groups excluding tert-OH is 1. The minimum absolute atomic E-state index is 0.0339. The highest BCUT2D eigenvalue weighted by Gasteiger charge is 2.30. The number of hydrogen-bond acceptors (Lipinski definition) is 8. The molecule has 1 heterocycles. The van der Waals surface area contributed by atoms with Gasteiger partial charge in [0, 0.05) is 31.3 Å². The molecule has 222 valence electrons. The van der Waals surface area contributed by atoms with E-state index in [2.05, 4.69) is 10.0 Å². The van der Waals surface area contributed by atoms with Gasteiger partial charge in [0.25, 0.3) is 15.9 Å². The van der Waals surface area contributed by atoms with Crippen LogP contribution in [0.4, 0.5) is 5.69 Å². The third-order valence-corrected chi connectivity index (χ3v) is 8.48. The molecular weight excluding hydrogens is 534 g/mol. The maximum atomic E-state index is 14.1. The zero-order chi connectivity index (χ0) is 29.3. The Morgan fingerprint density at radius 3 is 2.52 bits per heavy atom. The van der Waals surface area contributed by atoms with Gasteiger partial charge in [-0.25, -0.2) is 8.42 Å². The fourth-order valence-corrected chi connectivity index (χ4v) is 5.70. The zero-order valence-corrected chi connectivity index (χ0v) is 24.9. The first-order valence-electron chi connectivity index (χ1n) is 13.7.